The van der Waals surface area contributed by atoms with Gasteiger partial charge in [0.05, 0.1) is 6.10 Å². The minimum atomic E-state index is 0.00373. The molecule has 1 aromatic rings. The molecule has 1 heterocycles. The van der Waals surface area contributed by atoms with Crippen molar-refractivity contribution >= 4 is 5.91 Å². The molecule has 1 saturated heterocycles. The Morgan fingerprint density at radius 3 is 2.50 bits per heavy atom. The van der Waals surface area contributed by atoms with Crippen molar-refractivity contribution in [2.45, 2.75) is 39.2 Å². The number of ether oxygens (including phenoxy) is 1. The Labute approximate surface area is 133 Å². The van der Waals surface area contributed by atoms with Gasteiger partial charge in [-0.1, -0.05) is 0 Å². The van der Waals surface area contributed by atoms with Crippen molar-refractivity contribution in [1.82, 2.24) is 10.2 Å². The summed E-state index contributed by atoms with van der Waals surface area (Å²) in [6.45, 7) is 7.09. The second-order valence-corrected chi connectivity index (χ2v) is 6.48. The minimum Gasteiger partial charge on any atom is -0.491 e. The Hall–Kier alpha value is -1.55. The van der Waals surface area contributed by atoms with Crippen molar-refractivity contribution in [3.8, 4) is 5.75 Å². The van der Waals surface area contributed by atoms with Gasteiger partial charge in [0.1, 0.15) is 5.75 Å². The topological polar surface area (TPSA) is 41.6 Å². The molecular formula is C18H28N2O2. The molecule has 0 spiro atoms. The summed E-state index contributed by atoms with van der Waals surface area (Å²) >= 11 is 0. The first kappa shape index (κ1) is 16.8. The Morgan fingerprint density at radius 1 is 1.27 bits per heavy atom. The molecule has 0 saturated carbocycles. The average Bonchev–Trinajstić information content (AvgIpc) is 2.49. The van der Waals surface area contributed by atoms with Crippen LogP contribution in [0.25, 0.3) is 0 Å². The lowest BCUT2D eigenvalue weighted by atomic mass is 9.94. The smallest absolute Gasteiger partial charge is 0.251 e. The fraction of sp³-hybridized carbons (Fsp3) is 0.611. The maximum absolute atomic E-state index is 12.1. The molecular weight excluding hydrogens is 276 g/mol. The zero-order valence-electron chi connectivity index (χ0n) is 14.0. The van der Waals surface area contributed by atoms with Crippen LogP contribution < -0.4 is 10.1 Å². The second-order valence-electron chi connectivity index (χ2n) is 6.48. The lowest BCUT2D eigenvalue weighted by Gasteiger charge is -2.28. The van der Waals surface area contributed by atoms with Gasteiger partial charge in [-0.25, -0.2) is 0 Å². The summed E-state index contributed by atoms with van der Waals surface area (Å²) in [4.78, 5) is 14.5. The van der Waals surface area contributed by atoms with Crippen LogP contribution in [-0.4, -0.2) is 43.6 Å². The van der Waals surface area contributed by atoms with E-state index in [1.807, 2.05) is 38.1 Å². The summed E-state index contributed by atoms with van der Waals surface area (Å²) in [5, 5.41) is 3.02. The molecule has 0 aliphatic carbocycles. The van der Waals surface area contributed by atoms with Crippen LogP contribution in [-0.2, 0) is 0 Å². The Balaban J connectivity index is 1.72. The van der Waals surface area contributed by atoms with Crippen LogP contribution in [0.3, 0.4) is 0 Å². The van der Waals surface area contributed by atoms with Crippen LogP contribution in [0.1, 0.15) is 43.5 Å². The SMILES string of the molecule is CC(C)Oc1ccc(C(=O)NCCC2CCN(C)CC2)cc1. The summed E-state index contributed by atoms with van der Waals surface area (Å²) in [6, 6.07) is 7.35. The summed E-state index contributed by atoms with van der Waals surface area (Å²) in [7, 11) is 2.17. The number of nitrogens with one attached hydrogen (secondary N) is 1. The number of benzene rings is 1. The first-order valence-electron chi connectivity index (χ1n) is 8.28. The van der Waals surface area contributed by atoms with Crippen molar-refractivity contribution in [1.29, 1.82) is 0 Å². The predicted octanol–water partition coefficient (Wildman–Crippen LogP) is 2.94. The quantitative estimate of drug-likeness (QED) is 0.878. The van der Waals surface area contributed by atoms with Crippen molar-refractivity contribution in [3.05, 3.63) is 29.8 Å². The fourth-order valence-corrected chi connectivity index (χ4v) is 2.80. The van der Waals surface area contributed by atoms with E-state index in [1.54, 1.807) is 0 Å². The monoisotopic (exact) mass is 304 g/mol. The molecule has 122 valence electrons. The molecule has 4 heteroatoms. The van der Waals surface area contributed by atoms with Crippen molar-refractivity contribution < 1.29 is 9.53 Å². The largest absolute Gasteiger partial charge is 0.491 e. The summed E-state index contributed by atoms with van der Waals surface area (Å²) in [6.07, 6.45) is 3.71. The lowest BCUT2D eigenvalue weighted by Crippen LogP contribution is -2.32. The van der Waals surface area contributed by atoms with E-state index >= 15 is 0 Å². The number of piperidine rings is 1. The molecule has 4 nitrogen and oxygen atoms in total. The standard InChI is InChI=1S/C18H28N2O2/c1-14(2)22-17-6-4-16(5-7-17)18(21)19-11-8-15-9-12-20(3)13-10-15/h4-7,14-15H,8-13H2,1-3H3,(H,19,21). The van der Waals surface area contributed by atoms with Gasteiger partial charge in [0.15, 0.2) is 0 Å². The third-order valence-electron chi connectivity index (χ3n) is 4.16. The number of likely N-dealkylation sites (tertiary alicyclic amines) is 1. The molecule has 1 aliphatic rings. The van der Waals surface area contributed by atoms with Crippen molar-refractivity contribution in [2.75, 3.05) is 26.7 Å². The number of nitrogens with zero attached hydrogens (tertiary/aromatic N) is 1. The summed E-state index contributed by atoms with van der Waals surface area (Å²) in [5.74, 6) is 1.56. The number of carbonyl (C=O) groups is 1. The van der Waals surface area contributed by atoms with E-state index < -0.39 is 0 Å². The zero-order chi connectivity index (χ0) is 15.9. The molecule has 0 aromatic heterocycles. The maximum atomic E-state index is 12.1. The first-order valence-corrected chi connectivity index (χ1v) is 8.28. The highest BCUT2D eigenvalue weighted by molar-refractivity contribution is 5.94. The summed E-state index contributed by atoms with van der Waals surface area (Å²) in [5.41, 5.74) is 0.694. The Bertz CT molecular complexity index is 462. The van der Waals surface area contributed by atoms with Gasteiger partial charge in [-0.05, 0) is 83.4 Å². The van der Waals surface area contributed by atoms with Crippen LogP contribution >= 0.6 is 0 Å². The Morgan fingerprint density at radius 2 is 1.91 bits per heavy atom. The van der Waals surface area contributed by atoms with E-state index in [2.05, 4.69) is 17.3 Å². The van der Waals surface area contributed by atoms with E-state index in [4.69, 9.17) is 4.74 Å². The van der Waals surface area contributed by atoms with Gasteiger partial charge in [0.2, 0.25) is 0 Å². The molecule has 0 radical (unpaired) electrons. The van der Waals surface area contributed by atoms with E-state index in [0.29, 0.717) is 5.56 Å². The molecule has 0 bridgehead atoms. The van der Waals surface area contributed by atoms with Crippen LogP contribution in [0, 0.1) is 5.92 Å². The van der Waals surface area contributed by atoms with Gasteiger partial charge in [-0.2, -0.15) is 0 Å². The molecule has 1 fully saturated rings. The third kappa shape index (κ3) is 5.34. The zero-order valence-corrected chi connectivity index (χ0v) is 14.0. The first-order chi connectivity index (χ1) is 10.5. The number of amides is 1. The van der Waals surface area contributed by atoms with Gasteiger partial charge in [0.25, 0.3) is 5.91 Å². The van der Waals surface area contributed by atoms with Crippen LogP contribution in [0.2, 0.25) is 0 Å². The predicted molar refractivity (Wildman–Crippen MR) is 89.4 cm³/mol. The molecule has 1 amide bonds. The minimum absolute atomic E-state index is 0.00373. The van der Waals surface area contributed by atoms with Crippen molar-refractivity contribution in [3.63, 3.8) is 0 Å². The van der Waals surface area contributed by atoms with Crippen LogP contribution in [0.4, 0.5) is 0 Å². The molecule has 1 N–H and O–H groups in total. The van der Waals surface area contributed by atoms with Crippen molar-refractivity contribution in [2.24, 2.45) is 5.92 Å². The highest BCUT2D eigenvalue weighted by Crippen LogP contribution is 2.19. The number of rotatable bonds is 6. The van der Waals surface area contributed by atoms with E-state index in [9.17, 15) is 4.79 Å². The normalized spacial score (nSPS) is 16.7. The molecule has 1 aromatic carbocycles. The van der Waals surface area contributed by atoms with Crippen LogP contribution in [0.5, 0.6) is 5.75 Å². The van der Waals surface area contributed by atoms with Gasteiger partial charge < -0.3 is 15.0 Å². The van der Waals surface area contributed by atoms with Gasteiger partial charge in [0, 0.05) is 12.1 Å². The maximum Gasteiger partial charge on any atom is 0.251 e. The molecule has 22 heavy (non-hydrogen) atoms. The van der Waals surface area contributed by atoms with Crippen LogP contribution in [0.15, 0.2) is 24.3 Å². The number of carbonyl (C=O) groups excluding carboxylic acids is 1. The van der Waals surface area contributed by atoms with E-state index in [1.165, 1.54) is 25.9 Å². The Kier molecular flexibility index (Phi) is 6.25. The molecule has 0 atom stereocenters. The molecule has 0 unspecified atom stereocenters. The summed E-state index contributed by atoms with van der Waals surface area (Å²) < 4.78 is 5.58. The van der Waals surface area contributed by atoms with E-state index in [-0.39, 0.29) is 12.0 Å². The van der Waals surface area contributed by atoms with E-state index in [0.717, 1.165) is 24.6 Å². The van der Waals surface area contributed by atoms with Gasteiger partial charge >= 0.3 is 0 Å². The lowest BCUT2D eigenvalue weighted by molar-refractivity contribution is 0.0949. The highest BCUT2D eigenvalue weighted by atomic mass is 16.5. The second kappa shape index (κ2) is 8.18. The fourth-order valence-electron chi connectivity index (χ4n) is 2.80. The molecule has 1 aliphatic heterocycles. The van der Waals surface area contributed by atoms with Gasteiger partial charge in [-0.3, -0.25) is 4.79 Å². The third-order valence-corrected chi connectivity index (χ3v) is 4.16. The van der Waals surface area contributed by atoms with Gasteiger partial charge in [-0.15, -0.1) is 0 Å². The number of hydrogen-bond acceptors (Lipinski definition) is 3. The highest BCUT2D eigenvalue weighted by Gasteiger charge is 2.16. The average molecular weight is 304 g/mol. The number of hydrogen-bond donors (Lipinski definition) is 1. The molecule has 2 rings (SSSR count).